The molecule has 3 heterocycles. The Bertz CT molecular complexity index is 1900. The molecule has 7 rings (SSSR count). The average Bonchev–Trinajstić information content (AvgIpc) is 3.77. The molecular formula is C39H41N5O3. The van der Waals surface area contributed by atoms with E-state index in [2.05, 4.69) is 81.1 Å². The lowest BCUT2D eigenvalue weighted by molar-refractivity contribution is 0.331. The number of rotatable bonds is 12. The molecule has 0 aliphatic carbocycles. The monoisotopic (exact) mass is 627 g/mol. The Morgan fingerprint density at radius 2 is 1.17 bits per heavy atom. The van der Waals surface area contributed by atoms with E-state index in [1.807, 2.05) is 30.3 Å². The third kappa shape index (κ3) is 6.60. The van der Waals surface area contributed by atoms with Crippen LogP contribution in [-0.2, 0) is 26.2 Å². The fourth-order valence-corrected chi connectivity index (χ4v) is 6.56. The second-order valence-electron chi connectivity index (χ2n) is 12.2. The Morgan fingerprint density at radius 1 is 0.617 bits per heavy atom. The van der Waals surface area contributed by atoms with Crippen molar-refractivity contribution in [1.29, 1.82) is 0 Å². The highest BCUT2D eigenvalue weighted by molar-refractivity contribution is 6.07. The van der Waals surface area contributed by atoms with Gasteiger partial charge in [0.15, 0.2) is 5.82 Å². The van der Waals surface area contributed by atoms with E-state index in [1.165, 1.54) is 37.1 Å². The summed E-state index contributed by atoms with van der Waals surface area (Å²) in [6.07, 6.45) is 2.60. The molecule has 240 valence electrons. The van der Waals surface area contributed by atoms with Crippen LogP contribution in [0.3, 0.4) is 0 Å². The minimum atomic E-state index is 0.564. The first-order chi connectivity index (χ1) is 23.1. The van der Waals surface area contributed by atoms with Crippen molar-refractivity contribution in [3.05, 3.63) is 119 Å². The van der Waals surface area contributed by atoms with Crippen LogP contribution in [0.15, 0.2) is 97.1 Å². The van der Waals surface area contributed by atoms with Gasteiger partial charge in [-0.1, -0.05) is 66.7 Å². The van der Waals surface area contributed by atoms with E-state index in [1.54, 1.807) is 21.3 Å². The van der Waals surface area contributed by atoms with Crippen molar-refractivity contribution in [2.24, 2.45) is 0 Å². The molecule has 1 aliphatic rings. The summed E-state index contributed by atoms with van der Waals surface area (Å²) >= 11 is 0. The van der Waals surface area contributed by atoms with Crippen molar-refractivity contribution in [1.82, 2.24) is 19.4 Å². The number of hydrogen-bond acceptors (Lipinski definition) is 7. The summed E-state index contributed by atoms with van der Waals surface area (Å²) in [7, 11) is 5.07. The zero-order valence-electron chi connectivity index (χ0n) is 27.4. The zero-order chi connectivity index (χ0) is 32.2. The topological polar surface area (TPSA) is 64.9 Å². The van der Waals surface area contributed by atoms with Gasteiger partial charge in [0.1, 0.15) is 17.0 Å². The maximum Gasteiger partial charge on any atom is 0.297 e. The molecule has 6 aromatic rings. The molecule has 1 saturated heterocycles. The van der Waals surface area contributed by atoms with Crippen LogP contribution >= 0.6 is 0 Å². The molecule has 1 fully saturated rings. The van der Waals surface area contributed by atoms with Crippen molar-refractivity contribution in [2.45, 2.75) is 39.0 Å². The van der Waals surface area contributed by atoms with Gasteiger partial charge in [-0.3, -0.25) is 9.47 Å². The maximum atomic E-state index is 5.96. The largest absolute Gasteiger partial charge is 0.497 e. The Balaban J connectivity index is 1.31. The van der Waals surface area contributed by atoms with Crippen LogP contribution in [0.25, 0.3) is 21.9 Å². The Kier molecular flexibility index (Phi) is 8.93. The summed E-state index contributed by atoms with van der Waals surface area (Å²) in [6.45, 7) is 5.28. The Labute approximate surface area is 276 Å². The highest BCUT2D eigenvalue weighted by Crippen LogP contribution is 2.36. The van der Waals surface area contributed by atoms with Gasteiger partial charge in [-0.05, 0) is 78.5 Å². The van der Waals surface area contributed by atoms with Crippen molar-refractivity contribution >= 4 is 27.8 Å². The molecule has 2 aromatic heterocycles. The molecule has 8 nitrogen and oxygen atoms in total. The molecule has 0 spiro atoms. The SMILES string of the molecule is COc1ccc(CN(Cc2ccc(OC)cc2)c2nc3ccccc3c3c2nc(OC)n3Cc2ccc(CN3CCCC3)cc2)cc1. The first-order valence-corrected chi connectivity index (χ1v) is 16.3. The van der Waals surface area contributed by atoms with E-state index in [0.717, 1.165) is 56.9 Å². The number of benzene rings is 4. The molecule has 0 saturated carbocycles. The number of hydrogen-bond donors (Lipinski definition) is 0. The fraction of sp³-hybridized carbons (Fsp3) is 0.282. The lowest BCUT2D eigenvalue weighted by Gasteiger charge is -2.25. The number of nitrogens with zero attached hydrogens (tertiary/aromatic N) is 5. The Hall–Kier alpha value is -5.08. The predicted molar refractivity (Wildman–Crippen MR) is 188 cm³/mol. The number of aromatic nitrogens is 3. The lowest BCUT2D eigenvalue weighted by Crippen LogP contribution is -2.23. The van der Waals surface area contributed by atoms with E-state index in [4.69, 9.17) is 24.2 Å². The predicted octanol–water partition coefficient (Wildman–Crippen LogP) is 7.46. The van der Waals surface area contributed by atoms with Gasteiger partial charge in [0, 0.05) is 25.0 Å². The third-order valence-corrected chi connectivity index (χ3v) is 9.05. The number of ether oxygens (including phenoxy) is 3. The smallest absolute Gasteiger partial charge is 0.297 e. The molecule has 0 N–H and O–H groups in total. The van der Waals surface area contributed by atoms with E-state index >= 15 is 0 Å². The average molecular weight is 628 g/mol. The molecular weight excluding hydrogens is 586 g/mol. The molecule has 1 aliphatic heterocycles. The number of methoxy groups -OCH3 is 3. The summed E-state index contributed by atoms with van der Waals surface area (Å²) < 4.78 is 19.0. The first kappa shape index (κ1) is 30.6. The summed E-state index contributed by atoms with van der Waals surface area (Å²) in [4.78, 5) is 15.2. The number of likely N-dealkylation sites (tertiary alicyclic amines) is 1. The van der Waals surface area contributed by atoms with Gasteiger partial charge in [-0.15, -0.1) is 0 Å². The second kappa shape index (κ2) is 13.7. The van der Waals surface area contributed by atoms with E-state index in [9.17, 15) is 0 Å². The summed E-state index contributed by atoms with van der Waals surface area (Å²) in [5, 5.41) is 1.04. The van der Waals surface area contributed by atoms with Gasteiger partial charge in [-0.25, -0.2) is 4.98 Å². The molecule has 8 heteroatoms. The van der Waals surface area contributed by atoms with Crippen LogP contribution in [0.2, 0.25) is 0 Å². The molecule has 0 amide bonds. The first-order valence-electron chi connectivity index (χ1n) is 16.3. The fourth-order valence-electron chi connectivity index (χ4n) is 6.56. The molecule has 0 atom stereocenters. The van der Waals surface area contributed by atoms with Crippen molar-refractivity contribution in [3.8, 4) is 17.5 Å². The summed E-state index contributed by atoms with van der Waals surface area (Å²) in [5.74, 6) is 2.46. The van der Waals surface area contributed by atoms with Crippen LogP contribution in [0.1, 0.15) is 35.1 Å². The quantitative estimate of drug-likeness (QED) is 0.140. The maximum absolute atomic E-state index is 5.96. The van der Waals surface area contributed by atoms with Crippen molar-refractivity contribution in [2.75, 3.05) is 39.3 Å². The van der Waals surface area contributed by atoms with Gasteiger partial charge in [0.05, 0.1) is 38.9 Å². The van der Waals surface area contributed by atoms with Gasteiger partial charge < -0.3 is 19.1 Å². The number of anilines is 1. The third-order valence-electron chi connectivity index (χ3n) is 9.05. The number of imidazole rings is 1. The standard InChI is InChI=1S/C39H41N5O3/c1-45-32-18-14-29(15-19-32)25-43(26-30-16-20-33(46-2)21-17-30)38-36-37(34-8-4-5-9-35(34)40-38)44(39(41-36)47-3)27-31-12-10-28(11-13-31)24-42-22-6-7-23-42/h4-5,8-21H,6-7,22-27H2,1-3H3. The molecule has 0 radical (unpaired) electrons. The number of fused-ring (bicyclic) bond motifs is 3. The molecule has 0 unspecified atom stereocenters. The van der Waals surface area contributed by atoms with Gasteiger partial charge in [-0.2, -0.15) is 4.98 Å². The minimum Gasteiger partial charge on any atom is -0.497 e. The molecule has 0 bridgehead atoms. The van der Waals surface area contributed by atoms with Crippen LogP contribution in [-0.4, -0.2) is 53.9 Å². The highest BCUT2D eigenvalue weighted by Gasteiger charge is 2.23. The van der Waals surface area contributed by atoms with E-state index in [0.29, 0.717) is 25.6 Å². The van der Waals surface area contributed by atoms with E-state index in [-0.39, 0.29) is 0 Å². The number of pyridine rings is 1. The summed E-state index contributed by atoms with van der Waals surface area (Å²) in [6, 6.07) is 34.3. The molecule has 4 aromatic carbocycles. The summed E-state index contributed by atoms with van der Waals surface area (Å²) in [5.41, 5.74) is 7.57. The normalized spacial score (nSPS) is 13.3. The van der Waals surface area contributed by atoms with Crippen LogP contribution < -0.4 is 19.1 Å². The van der Waals surface area contributed by atoms with Gasteiger partial charge >= 0.3 is 0 Å². The second-order valence-corrected chi connectivity index (χ2v) is 12.2. The zero-order valence-corrected chi connectivity index (χ0v) is 27.4. The molecule has 47 heavy (non-hydrogen) atoms. The Morgan fingerprint density at radius 3 is 1.74 bits per heavy atom. The van der Waals surface area contributed by atoms with Crippen molar-refractivity contribution < 1.29 is 14.2 Å². The van der Waals surface area contributed by atoms with Gasteiger partial charge in [0.25, 0.3) is 6.01 Å². The minimum absolute atomic E-state index is 0.564. The van der Waals surface area contributed by atoms with Crippen LogP contribution in [0.4, 0.5) is 5.82 Å². The lowest BCUT2D eigenvalue weighted by atomic mass is 10.1. The van der Waals surface area contributed by atoms with Crippen molar-refractivity contribution in [3.63, 3.8) is 0 Å². The van der Waals surface area contributed by atoms with Crippen LogP contribution in [0.5, 0.6) is 17.5 Å². The highest BCUT2D eigenvalue weighted by atomic mass is 16.5. The number of para-hydroxylation sites is 1. The van der Waals surface area contributed by atoms with Gasteiger partial charge in [0.2, 0.25) is 0 Å². The van der Waals surface area contributed by atoms with E-state index < -0.39 is 0 Å². The van der Waals surface area contributed by atoms with Crippen LogP contribution in [0, 0.1) is 0 Å².